The molecule has 4 rings (SSSR count). The summed E-state index contributed by atoms with van der Waals surface area (Å²) in [7, 11) is -3.70. The van der Waals surface area contributed by atoms with Gasteiger partial charge in [-0.2, -0.15) is 0 Å². The number of hydrogen-bond acceptors (Lipinski definition) is 5. The van der Waals surface area contributed by atoms with Gasteiger partial charge in [0.05, 0.1) is 17.3 Å². The lowest BCUT2D eigenvalue weighted by molar-refractivity contribution is 0.0699. The quantitative estimate of drug-likeness (QED) is 0.347. The minimum absolute atomic E-state index is 0.143. The minimum Gasteiger partial charge on any atom is -0.478 e. The van der Waals surface area contributed by atoms with E-state index in [4.69, 9.17) is 0 Å². The Labute approximate surface area is 185 Å². The number of nitrogens with zero attached hydrogens (tertiary/aromatic N) is 1. The SMILES string of the molecule is O=C(O)c1cccc2c(CCNS(=O)(=O)c3cnc(-c4cccc(Br)c4)s3)c[nH]c12. The molecule has 0 spiro atoms. The van der Waals surface area contributed by atoms with Crippen LogP contribution in [0.1, 0.15) is 15.9 Å². The standard InChI is InChI=1S/C20H16BrN3O4S2/c21-14-4-1-3-12(9-14)19-23-11-17(29-19)30(27,28)24-8-7-13-10-22-18-15(13)5-2-6-16(18)20(25)26/h1-6,9-11,22,24H,7-8H2,(H,25,26). The molecule has 0 aliphatic carbocycles. The molecule has 0 saturated carbocycles. The molecule has 0 aliphatic heterocycles. The summed E-state index contributed by atoms with van der Waals surface area (Å²) in [5.41, 5.74) is 2.40. The molecule has 7 nitrogen and oxygen atoms in total. The van der Waals surface area contributed by atoms with E-state index in [9.17, 15) is 18.3 Å². The van der Waals surface area contributed by atoms with Crippen LogP contribution in [-0.2, 0) is 16.4 Å². The smallest absolute Gasteiger partial charge is 0.337 e. The minimum atomic E-state index is -3.70. The second-order valence-electron chi connectivity index (χ2n) is 6.49. The zero-order valence-electron chi connectivity index (χ0n) is 15.4. The number of thiazole rings is 1. The molecule has 0 fully saturated rings. The van der Waals surface area contributed by atoms with Crippen LogP contribution in [0.15, 0.2) is 63.5 Å². The number of nitrogens with one attached hydrogen (secondary N) is 2. The third-order valence-electron chi connectivity index (χ3n) is 4.54. The second kappa shape index (κ2) is 8.31. The van der Waals surface area contributed by atoms with Crippen molar-refractivity contribution in [2.45, 2.75) is 10.6 Å². The summed E-state index contributed by atoms with van der Waals surface area (Å²) in [5.74, 6) is -1.01. The number of hydrogen-bond donors (Lipinski definition) is 3. The first-order valence-corrected chi connectivity index (χ1v) is 12.0. The highest BCUT2D eigenvalue weighted by Crippen LogP contribution is 2.29. The highest BCUT2D eigenvalue weighted by Gasteiger charge is 2.19. The van der Waals surface area contributed by atoms with Crippen LogP contribution in [-0.4, -0.2) is 36.0 Å². The van der Waals surface area contributed by atoms with Crippen molar-refractivity contribution in [3.63, 3.8) is 0 Å². The Morgan fingerprint density at radius 3 is 2.80 bits per heavy atom. The van der Waals surface area contributed by atoms with Gasteiger partial charge >= 0.3 is 5.97 Å². The molecule has 0 bridgehead atoms. The maximum absolute atomic E-state index is 12.6. The van der Waals surface area contributed by atoms with Crippen molar-refractivity contribution in [2.24, 2.45) is 0 Å². The maximum Gasteiger partial charge on any atom is 0.337 e. The van der Waals surface area contributed by atoms with Crippen LogP contribution in [0.2, 0.25) is 0 Å². The van der Waals surface area contributed by atoms with Gasteiger partial charge < -0.3 is 10.1 Å². The molecule has 154 valence electrons. The van der Waals surface area contributed by atoms with Crippen LogP contribution < -0.4 is 4.72 Å². The van der Waals surface area contributed by atoms with E-state index in [1.807, 2.05) is 30.3 Å². The van der Waals surface area contributed by atoms with E-state index in [0.717, 1.165) is 32.3 Å². The molecule has 0 atom stereocenters. The zero-order valence-corrected chi connectivity index (χ0v) is 18.6. The molecule has 3 N–H and O–H groups in total. The first-order valence-electron chi connectivity index (χ1n) is 8.89. The largest absolute Gasteiger partial charge is 0.478 e. The van der Waals surface area contributed by atoms with Gasteiger partial charge in [0.2, 0.25) is 0 Å². The number of aromatic amines is 1. The van der Waals surface area contributed by atoms with E-state index in [1.165, 1.54) is 12.3 Å². The van der Waals surface area contributed by atoms with Crippen molar-refractivity contribution < 1.29 is 18.3 Å². The summed E-state index contributed by atoms with van der Waals surface area (Å²) < 4.78 is 28.9. The number of aromatic carboxylic acids is 1. The molecule has 0 radical (unpaired) electrons. The lowest BCUT2D eigenvalue weighted by Gasteiger charge is -2.04. The number of carboxylic acids is 1. The molecule has 30 heavy (non-hydrogen) atoms. The Kier molecular flexibility index (Phi) is 5.74. The van der Waals surface area contributed by atoms with Crippen molar-refractivity contribution in [1.82, 2.24) is 14.7 Å². The molecule has 2 aromatic carbocycles. The number of aromatic nitrogens is 2. The van der Waals surface area contributed by atoms with Crippen molar-refractivity contribution in [3.8, 4) is 10.6 Å². The lowest BCUT2D eigenvalue weighted by atomic mass is 10.1. The number of rotatable bonds is 7. The first-order chi connectivity index (χ1) is 14.3. The molecule has 2 aromatic heterocycles. The van der Waals surface area contributed by atoms with Crippen LogP contribution in [0.3, 0.4) is 0 Å². The number of fused-ring (bicyclic) bond motifs is 1. The first kappa shape index (κ1) is 20.7. The Morgan fingerprint density at radius 2 is 2.03 bits per heavy atom. The molecule has 0 aliphatic rings. The van der Waals surface area contributed by atoms with Gasteiger partial charge in [-0.05, 0) is 30.2 Å². The highest BCUT2D eigenvalue weighted by molar-refractivity contribution is 9.10. The van der Waals surface area contributed by atoms with Gasteiger partial charge in [0.15, 0.2) is 4.21 Å². The van der Waals surface area contributed by atoms with E-state index in [-0.39, 0.29) is 16.3 Å². The normalized spacial score (nSPS) is 11.8. The van der Waals surface area contributed by atoms with Crippen molar-refractivity contribution in [3.05, 3.63) is 70.5 Å². The Bertz CT molecular complexity index is 1350. The summed E-state index contributed by atoms with van der Waals surface area (Å²) in [6.45, 7) is 0.177. The van der Waals surface area contributed by atoms with Crippen molar-refractivity contribution in [1.29, 1.82) is 0 Å². The second-order valence-corrected chi connectivity index (χ2v) is 10.4. The predicted octanol–water partition coefficient (Wildman–Crippen LogP) is 4.27. The Balaban J connectivity index is 1.47. The third kappa shape index (κ3) is 4.17. The topological polar surface area (TPSA) is 112 Å². The molecule has 0 saturated heterocycles. The molecule has 0 amide bonds. The summed E-state index contributed by atoms with van der Waals surface area (Å²) in [6, 6.07) is 12.5. The number of carboxylic acid groups (broad SMARTS) is 1. The average Bonchev–Trinajstić information content (AvgIpc) is 3.36. The number of carbonyl (C=O) groups is 1. The fourth-order valence-corrected chi connectivity index (χ4v) is 5.73. The summed E-state index contributed by atoms with van der Waals surface area (Å²) in [4.78, 5) is 18.5. The third-order valence-corrected chi connectivity index (χ3v) is 8.00. The molecular weight excluding hydrogens is 490 g/mol. The van der Waals surface area contributed by atoms with Crippen LogP contribution in [0, 0.1) is 0 Å². The number of sulfonamides is 1. The van der Waals surface area contributed by atoms with Crippen molar-refractivity contribution in [2.75, 3.05) is 6.54 Å². The predicted molar refractivity (Wildman–Crippen MR) is 119 cm³/mol. The zero-order chi connectivity index (χ0) is 21.3. The van der Waals surface area contributed by atoms with Gasteiger partial charge in [-0.3, -0.25) is 0 Å². The highest BCUT2D eigenvalue weighted by atomic mass is 79.9. The van der Waals surface area contributed by atoms with Gasteiger partial charge in [0.1, 0.15) is 5.01 Å². The number of halogens is 1. The Hall–Kier alpha value is -2.53. The van der Waals surface area contributed by atoms with Gasteiger partial charge in [0.25, 0.3) is 10.0 Å². The van der Waals surface area contributed by atoms with Crippen LogP contribution >= 0.6 is 27.3 Å². The molecular formula is C20H16BrN3O4S2. The van der Waals surface area contributed by atoms with E-state index < -0.39 is 16.0 Å². The van der Waals surface area contributed by atoms with Gasteiger partial charge in [-0.15, -0.1) is 11.3 Å². The van der Waals surface area contributed by atoms with Crippen molar-refractivity contribution >= 4 is 54.2 Å². The van der Waals surface area contributed by atoms with Crippen LogP contribution in [0.25, 0.3) is 21.5 Å². The Morgan fingerprint density at radius 1 is 1.23 bits per heavy atom. The summed E-state index contributed by atoms with van der Waals surface area (Å²) in [6.07, 6.45) is 3.48. The summed E-state index contributed by atoms with van der Waals surface area (Å²) in [5, 5.41) is 10.7. The van der Waals surface area contributed by atoms with E-state index in [2.05, 4.69) is 30.6 Å². The van der Waals surface area contributed by atoms with Gasteiger partial charge in [-0.25, -0.2) is 22.9 Å². The maximum atomic E-state index is 12.6. The summed E-state index contributed by atoms with van der Waals surface area (Å²) >= 11 is 4.50. The van der Waals surface area contributed by atoms with Crippen LogP contribution in [0.4, 0.5) is 0 Å². The fourth-order valence-electron chi connectivity index (χ4n) is 3.13. The average molecular weight is 506 g/mol. The van der Waals surface area contributed by atoms with E-state index in [1.54, 1.807) is 12.3 Å². The number of H-pyrrole nitrogens is 1. The monoisotopic (exact) mass is 505 g/mol. The molecule has 2 heterocycles. The van der Waals surface area contributed by atoms with Gasteiger partial charge in [-0.1, -0.05) is 40.2 Å². The number of benzene rings is 2. The fraction of sp³-hybridized carbons (Fsp3) is 0.100. The lowest BCUT2D eigenvalue weighted by Crippen LogP contribution is -2.25. The number of para-hydroxylation sites is 1. The van der Waals surface area contributed by atoms with Crippen LogP contribution in [0.5, 0.6) is 0 Å². The van der Waals surface area contributed by atoms with E-state index >= 15 is 0 Å². The molecule has 10 heteroatoms. The van der Waals surface area contributed by atoms with E-state index in [0.29, 0.717) is 16.9 Å². The van der Waals surface area contributed by atoms with Gasteiger partial charge in [0, 0.05) is 28.2 Å². The molecule has 4 aromatic rings. The molecule has 0 unspecified atom stereocenters.